The van der Waals surface area contributed by atoms with E-state index in [-0.39, 0.29) is 5.78 Å². The van der Waals surface area contributed by atoms with Gasteiger partial charge in [-0.05, 0) is 12.7 Å². The zero-order valence-corrected chi connectivity index (χ0v) is 5.84. The van der Waals surface area contributed by atoms with Gasteiger partial charge in [-0.3, -0.25) is 0 Å². The predicted molar refractivity (Wildman–Crippen MR) is 21.9 cm³/mol. The molecular weight excluding hydrogens is 189 g/mol. The molecule has 0 aromatic rings. The van der Waals surface area contributed by atoms with E-state index in [1.807, 2.05) is 17.3 Å². The molecular formula is C3H5ClORu. The fourth-order valence-electron chi connectivity index (χ4n) is 0. The molecule has 0 spiro atoms. The van der Waals surface area contributed by atoms with Crippen LogP contribution in [0.25, 0.3) is 0 Å². The van der Waals surface area contributed by atoms with Crippen LogP contribution in [0.3, 0.4) is 0 Å². The summed E-state index contributed by atoms with van der Waals surface area (Å²) in [6.07, 6.45) is 0. The molecule has 0 unspecified atom stereocenters. The molecule has 0 saturated heterocycles. The van der Waals surface area contributed by atoms with Crippen LogP contribution in [-0.2, 0) is 22.1 Å². The van der Waals surface area contributed by atoms with Crippen molar-refractivity contribution in [2.75, 3.05) is 0 Å². The van der Waals surface area contributed by atoms with Gasteiger partial charge in [0.15, 0.2) is 0 Å². The summed E-state index contributed by atoms with van der Waals surface area (Å²) >= 11 is 1.82. The summed E-state index contributed by atoms with van der Waals surface area (Å²) in [5.74, 6) is -0.0833. The van der Waals surface area contributed by atoms with Crippen LogP contribution in [0.5, 0.6) is 0 Å². The van der Waals surface area contributed by atoms with E-state index in [1.54, 1.807) is 0 Å². The quantitative estimate of drug-likeness (QED) is 0.416. The molecule has 0 aliphatic rings. The first kappa shape index (κ1) is 9.68. The second kappa shape index (κ2) is 9.07. The molecule has 38 valence electrons. The Morgan fingerprint density at radius 3 is 1.83 bits per heavy atom. The van der Waals surface area contributed by atoms with Gasteiger partial charge in [0.25, 0.3) is 0 Å². The van der Waals surface area contributed by atoms with Gasteiger partial charge in [0, 0.05) is 0 Å². The third kappa shape index (κ3) is 258. The van der Waals surface area contributed by atoms with Crippen LogP contribution in [0.2, 0.25) is 0 Å². The van der Waals surface area contributed by atoms with E-state index in [0.29, 0.717) is 0 Å². The van der Waals surface area contributed by atoms with Gasteiger partial charge >= 0.3 is 27.0 Å². The van der Waals surface area contributed by atoms with Crippen molar-refractivity contribution in [3.05, 3.63) is 6.92 Å². The fraction of sp³-hybridized carbons (Fsp3) is 0.333. The summed E-state index contributed by atoms with van der Waals surface area (Å²) < 4.78 is 0. The average Bonchev–Trinajstić information content (AvgIpc) is 1.41. The summed E-state index contributed by atoms with van der Waals surface area (Å²) in [7, 11) is 4.57. The van der Waals surface area contributed by atoms with E-state index in [0.717, 1.165) is 0 Å². The number of ketones is 1. The second-order valence-corrected chi connectivity index (χ2v) is 0.702. The Labute approximate surface area is 51.8 Å². The second-order valence-electron chi connectivity index (χ2n) is 0.702. The van der Waals surface area contributed by atoms with E-state index in [9.17, 15) is 4.79 Å². The maximum absolute atomic E-state index is 9.33. The molecule has 6 heavy (non-hydrogen) atoms. The van der Waals surface area contributed by atoms with Crippen molar-refractivity contribution in [3.63, 3.8) is 0 Å². The Hall–Kier alpha value is 0.453. The summed E-state index contributed by atoms with van der Waals surface area (Å²) in [5.41, 5.74) is 0. The van der Waals surface area contributed by atoms with E-state index < -0.39 is 0 Å². The standard InChI is InChI=1S/C3H5O.ClH.Ru/c1-3(2)4;;/h1H2,2H3;1H;/q-1;;+2/p-1. The van der Waals surface area contributed by atoms with Crippen LogP contribution in [0.1, 0.15) is 6.92 Å². The number of carbonyl (C=O) groups excluding carboxylic acids is 1. The number of carbonyl (C=O) groups is 1. The van der Waals surface area contributed by atoms with Gasteiger partial charge in [0.1, 0.15) is 0 Å². The molecule has 3 heteroatoms. The van der Waals surface area contributed by atoms with Crippen LogP contribution >= 0.6 is 9.69 Å². The Bertz CT molecular complexity index is 33.8. The third-order valence-electron chi connectivity index (χ3n) is 0. The molecule has 0 amide bonds. The van der Waals surface area contributed by atoms with Crippen LogP contribution in [0.4, 0.5) is 0 Å². The Kier molecular flexibility index (Phi) is 14.6. The zero-order valence-electron chi connectivity index (χ0n) is 3.35. The summed E-state index contributed by atoms with van der Waals surface area (Å²) in [6, 6.07) is 0. The molecule has 0 saturated carbocycles. The number of rotatable bonds is 0. The molecule has 0 rings (SSSR count). The topological polar surface area (TPSA) is 17.1 Å². The Morgan fingerprint density at radius 2 is 1.83 bits per heavy atom. The van der Waals surface area contributed by atoms with Crippen molar-refractivity contribution in [2.45, 2.75) is 6.92 Å². The van der Waals surface area contributed by atoms with E-state index in [2.05, 4.69) is 16.6 Å². The zero-order chi connectivity index (χ0) is 5.58. The SMILES string of the molecule is [CH2-]C(C)=O.[Cl][Ru+]. The molecule has 0 atom stereocenters. The van der Waals surface area contributed by atoms with Gasteiger partial charge in [-0.1, -0.05) is 0 Å². The van der Waals surface area contributed by atoms with Crippen molar-refractivity contribution < 1.29 is 22.1 Å². The first-order chi connectivity index (χ1) is 2.73. The number of hydrogen-bond donors (Lipinski definition) is 0. The third-order valence-corrected chi connectivity index (χ3v) is 0. The molecule has 0 aliphatic heterocycles. The Balaban J connectivity index is 0. The van der Waals surface area contributed by atoms with E-state index >= 15 is 0 Å². The van der Waals surface area contributed by atoms with Crippen LogP contribution in [-0.4, -0.2) is 5.78 Å². The number of Topliss-reactive ketones (excluding diaryl/α,β-unsaturated/α-hetero) is 1. The number of hydrogen-bond acceptors (Lipinski definition) is 1. The van der Waals surface area contributed by atoms with Crippen LogP contribution < -0.4 is 0 Å². The van der Waals surface area contributed by atoms with Gasteiger partial charge < -0.3 is 11.7 Å². The maximum atomic E-state index is 9.33. The summed E-state index contributed by atoms with van der Waals surface area (Å²) in [6.45, 7) is 4.42. The minimum atomic E-state index is -0.0833. The van der Waals surface area contributed by atoms with Crippen molar-refractivity contribution in [1.82, 2.24) is 0 Å². The van der Waals surface area contributed by atoms with Crippen molar-refractivity contribution in [2.24, 2.45) is 0 Å². The summed E-state index contributed by atoms with van der Waals surface area (Å²) in [5, 5.41) is 0. The molecule has 0 radical (unpaired) electrons. The first-order valence-corrected chi connectivity index (χ1v) is 3.43. The van der Waals surface area contributed by atoms with Crippen LogP contribution in [0, 0.1) is 6.92 Å². The molecule has 0 fully saturated rings. The molecule has 0 aliphatic carbocycles. The van der Waals surface area contributed by atoms with E-state index in [4.69, 9.17) is 0 Å². The molecule has 1 nitrogen and oxygen atoms in total. The molecule has 0 bridgehead atoms. The average molecular weight is 194 g/mol. The number of halogens is 1. The van der Waals surface area contributed by atoms with Gasteiger partial charge in [0.05, 0.1) is 0 Å². The van der Waals surface area contributed by atoms with Crippen molar-refractivity contribution >= 4 is 15.5 Å². The van der Waals surface area contributed by atoms with Gasteiger partial charge in [-0.2, -0.15) is 0 Å². The molecule has 0 heterocycles. The predicted octanol–water partition coefficient (Wildman–Crippen LogP) is 1.10. The van der Waals surface area contributed by atoms with Crippen molar-refractivity contribution in [3.8, 4) is 0 Å². The van der Waals surface area contributed by atoms with Crippen LogP contribution in [0.15, 0.2) is 0 Å². The minimum absolute atomic E-state index is 0.0833. The molecule has 0 aromatic carbocycles. The van der Waals surface area contributed by atoms with Gasteiger partial charge in [-0.15, -0.1) is 0 Å². The monoisotopic (exact) mass is 194 g/mol. The Morgan fingerprint density at radius 1 is 1.83 bits per heavy atom. The first-order valence-electron chi connectivity index (χ1n) is 1.19. The normalized spacial score (nSPS) is 5.17. The summed E-state index contributed by atoms with van der Waals surface area (Å²) in [4.78, 5) is 9.33. The fourth-order valence-corrected chi connectivity index (χ4v) is 0. The van der Waals surface area contributed by atoms with Gasteiger partial charge in [-0.25, -0.2) is 0 Å². The van der Waals surface area contributed by atoms with Gasteiger partial charge in [0.2, 0.25) is 0 Å². The molecule has 0 N–H and O–H groups in total. The molecule has 0 aromatic heterocycles. The van der Waals surface area contributed by atoms with E-state index in [1.165, 1.54) is 6.92 Å². The van der Waals surface area contributed by atoms with Crippen molar-refractivity contribution in [1.29, 1.82) is 0 Å².